The van der Waals surface area contributed by atoms with Crippen molar-refractivity contribution in [2.45, 2.75) is 111 Å². The molecule has 0 aromatic heterocycles. The lowest BCUT2D eigenvalue weighted by molar-refractivity contribution is -0.136. The first kappa shape index (κ1) is 34.4. The largest absolute Gasteiger partial charge is 0.481 e. The number of allylic oxidation sites excluding steroid dienone is 15. The monoisotopic (exact) mass is 532 g/mol. The minimum atomic E-state index is -0.741. The molecular formula is C37H56O2. The number of carbonyl (C=O) groups is 1. The molecule has 2 nitrogen and oxygen atoms in total. The predicted molar refractivity (Wildman–Crippen MR) is 172 cm³/mol. The van der Waals surface area contributed by atoms with Gasteiger partial charge in [0.05, 0.1) is 0 Å². The molecule has 2 atom stereocenters. The molecule has 216 valence electrons. The lowest BCUT2D eigenvalue weighted by atomic mass is 9.52. The second-order valence-corrected chi connectivity index (χ2v) is 11.5. The molecule has 0 bridgehead atoms. The highest BCUT2D eigenvalue weighted by Crippen LogP contribution is 2.56. The standard InChI is InChI=1S/C22H32O2.C15H24/c1-2-3-4-5-6-7-8-9-10-11-12-13-14-15-16-17-18-19-20-21-22(23)24;1-11-6-5-7-12(2)13-10-15(3,4)14(13)9-8-11/h3-4,6-7,9-10,12-13,15-16,18-19H,2,5,8,11,14,17,20-21H2,1H3,(H,23,24);6,13-14H,2,5,7-10H2,1,3-4H3/b4-3-,7-6-,10-9-,13-12-,16-15-,19-18-;11-6+/t;13-,14-/m.1/s1. The molecule has 39 heavy (non-hydrogen) atoms. The van der Waals surface area contributed by atoms with Crippen LogP contribution in [-0.2, 0) is 4.79 Å². The van der Waals surface area contributed by atoms with Gasteiger partial charge in [-0.05, 0) is 101 Å². The molecule has 1 N–H and O–H groups in total. The number of hydrogen-bond donors (Lipinski definition) is 1. The van der Waals surface area contributed by atoms with Crippen molar-refractivity contribution in [2.75, 3.05) is 0 Å². The molecule has 0 unspecified atom stereocenters. The van der Waals surface area contributed by atoms with Crippen LogP contribution in [0.15, 0.2) is 96.7 Å². The van der Waals surface area contributed by atoms with Gasteiger partial charge in [-0.1, -0.05) is 117 Å². The van der Waals surface area contributed by atoms with Crippen molar-refractivity contribution in [1.82, 2.24) is 0 Å². The zero-order chi connectivity index (χ0) is 28.8. The summed E-state index contributed by atoms with van der Waals surface area (Å²) >= 11 is 0. The zero-order valence-corrected chi connectivity index (χ0v) is 25.4. The third kappa shape index (κ3) is 16.9. The highest BCUT2D eigenvalue weighted by atomic mass is 16.4. The maximum atomic E-state index is 10.3. The van der Waals surface area contributed by atoms with Gasteiger partial charge in [0.2, 0.25) is 0 Å². The van der Waals surface area contributed by atoms with E-state index < -0.39 is 5.97 Å². The van der Waals surface area contributed by atoms with Gasteiger partial charge in [0.15, 0.2) is 0 Å². The Balaban J connectivity index is 0.000000429. The summed E-state index contributed by atoms with van der Waals surface area (Å²) in [6.07, 6.45) is 41.4. The van der Waals surface area contributed by atoms with Gasteiger partial charge < -0.3 is 5.11 Å². The molecule has 0 saturated heterocycles. The van der Waals surface area contributed by atoms with Crippen LogP contribution in [-0.4, -0.2) is 11.1 Å². The molecule has 1 saturated carbocycles. The van der Waals surface area contributed by atoms with E-state index in [-0.39, 0.29) is 6.42 Å². The average Bonchev–Trinajstić information content (AvgIpc) is 2.94. The first-order chi connectivity index (χ1) is 18.8. The summed E-state index contributed by atoms with van der Waals surface area (Å²) in [6, 6.07) is 0. The summed E-state index contributed by atoms with van der Waals surface area (Å²) in [5.41, 5.74) is 3.68. The SMILES string of the molecule is C=C1CC/C=C(\C)CC[C@@H]2[C@@H]1CC2(C)C.CC/C=C\C/C=C\C/C=C\C/C=C\C/C=C\C/C=C\CCC(=O)O. The summed E-state index contributed by atoms with van der Waals surface area (Å²) in [6.45, 7) is 13.6. The molecular weight excluding hydrogens is 476 g/mol. The van der Waals surface area contributed by atoms with Gasteiger partial charge in [0.25, 0.3) is 0 Å². The second kappa shape index (κ2) is 21.2. The number of carboxylic acid groups (broad SMARTS) is 1. The zero-order valence-electron chi connectivity index (χ0n) is 25.4. The summed E-state index contributed by atoms with van der Waals surface area (Å²) in [7, 11) is 0. The van der Waals surface area contributed by atoms with E-state index in [1.807, 2.05) is 12.2 Å². The Kier molecular flexibility index (Phi) is 18.7. The average molecular weight is 533 g/mol. The summed E-state index contributed by atoms with van der Waals surface area (Å²) in [4.78, 5) is 10.3. The van der Waals surface area contributed by atoms with Crippen molar-refractivity contribution in [2.24, 2.45) is 17.3 Å². The Labute approximate surface area is 240 Å². The van der Waals surface area contributed by atoms with Gasteiger partial charge in [0.1, 0.15) is 0 Å². The Bertz CT molecular complexity index is 904. The lowest BCUT2D eigenvalue weighted by Crippen LogP contribution is -2.44. The molecule has 0 aromatic carbocycles. The van der Waals surface area contributed by atoms with E-state index in [9.17, 15) is 4.79 Å². The van der Waals surface area contributed by atoms with Crippen molar-refractivity contribution in [3.05, 3.63) is 96.7 Å². The summed E-state index contributed by atoms with van der Waals surface area (Å²) in [5.74, 6) is 0.986. The number of hydrogen-bond acceptors (Lipinski definition) is 1. The fraction of sp³-hybridized carbons (Fsp3) is 0.541. The van der Waals surface area contributed by atoms with Crippen molar-refractivity contribution in [3.8, 4) is 0 Å². The Morgan fingerprint density at radius 1 is 0.872 bits per heavy atom. The maximum absolute atomic E-state index is 10.3. The molecule has 2 rings (SSSR count). The molecule has 0 radical (unpaired) electrons. The highest BCUT2D eigenvalue weighted by molar-refractivity contribution is 5.66. The van der Waals surface area contributed by atoms with Crippen LogP contribution in [0.3, 0.4) is 0 Å². The quantitative estimate of drug-likeness (QED) is 0.226. The molecule has 0 aromatic rings. The topological polar surface area (TPSA) is 37.3 Å². The first-order valence-electron chi connectivity index (χ1n) is 15.2. The van der Waals surface area contributed by atoms with Crippen LogP contribution in [0.5, 0.6) is 0 Å². The molecule has 2 heteroatoms. The Hall–Kier alpha value is -2.61. The summed E-state index contributed by atoms with van der Waals surface area (Å²) < 4.78 is 0. The van der Waals surface area contributed by atoms with Gasteiger partial charge in [-0.25, -0.2) is 0 Å². The lowest BCUT2D eigenvalue weighted by Gasteiger charge is -2.53. The second-order valence-electron chi connectivity index (χ2n) is 11.5. The normalized spacial score (nSPS) is 23.0. The molecule has 1 fully saturated rings. The fourth-order valence-corrected chi connectivity index (χ4v) is 5.29. The van der Waals surface area contributed by atoms with Crippen LogP contribution in [0.25, 0.3) is 0 Å². The van der Waals surface area contributed by atoms with E-state index in [0.29, 0.717) is 11.8 Å². The van der Waals surface area contributed by atoms with Crippen LogP contribution < -0.4 is 0 Å². The Morgan fingerprint density at radius 3 is 1.82 bits per heavy atom. The van der Waals surface area contributed by atoms with Crippen molar-refractivity contribution in [3.63, 3.8) is 0 Å². The number of rotatable bonds is 14. The minimum Gasteiger partial charge on any atom is -0.481 e. The minimum absolute atomic E-state index is 0.210. The van der Waals surface area contributed by atoms with E-state index in [2.05, 4.69) is 101 Å². The van der Waals surface area contributed by atoms with Crippen molar-refractivity contribution in [1.29, 1.82) is 0 Å². The van der Waals surface area contributed by atoms with E-state index in [1.165, 1.54) is 37.7 Å². The molecule has 2 aliphatic rings. The van der Waals surface area contributed by atoms with Gasteiger partial charge in [0, 0.05) is 6.42 Å². The van der Waals surface area contributed by atoms with Crippen LogP contribution in [0.4, 0.5) is 0 Å². The van der Waals surface area contributed by atoms with E-state index >= 15 is 0 Å². The molecule has 0 amide bonds. The van der Waals surface area contributed by atoms with E-state index in [4.69, 9.17) is 5.11 Å². The van der Waals surface area contributed by atoms with Crippen LogP contribution in [0.2, 0.25) is 0 Å². The smallest absolute Gasteiger partial charge is 0.303 e. The fourth-order valence-electron chi connectivity index (χ4n) is 5.29. The van der Waals surface area contributed by atoms with Crippen LogP contribution >= 0.6 is 0 Å². The molecule has 0 spiro atoms. The third-order valence-electron chi connectivity index (χ3n) is 7.69. The number of aliphatic carboxylic acids is 1. The van der Waals surface area contributed by atoms with Gasteiger partial charge in [-0.15, -0.1) is 0 Å². The highest BCUT2D eigenvalue weighted by Gasteiger charge is 2.47. The van der Waals surface area contributed by atoms with Crippen molar-refractivity contribution >= 4 is 5.97 Å². The molecule has 2 aliphatic carbocycles. The van der Waals surface area contributed by atoms with Gasteiger partial charge >= 0.3 is 5.97 Å². The number of carboxylic acids is 1. The van der Waals surface area contributed by atoms with E-state index in [1.54, 1.807) is 5.57 Å². The predicted octanol–water partition coefficient (Wildman–Crippen LogP) is 11.3. The van der Waals surface area contributed by atoms with Gasteiger partial charge in [-0.2, -0.15) is 0 Å². The Morgan fingerprint density at radius 2 is 1.36 bits per heavy atom. The molecule has 0 heterocycles. The maximum Gasteiger partial charge on any atom is 0.303 e. The van der Waals surface area contributed by atoms with E-state index in [0.717, 1.165) is 50.4 Å². The van der Waals surface area contributed by atoms with Gasteiger partial charge in [-0.3, -0.25) is 4.79 Å². The molecule has 0 aliphatic heterocycles. The van der Waals surface area contributed by atoms with Crippen LogP contribution in [0, 0.1) is 17.3 Å². The third-order valence-corrected chi connectivity index (χ3v) is 7.69. The van der Waals surface area contributed by atoms with Crippen LogP contribution in [0.1, 0.15) is 111 Å². The number of fused-ring (bicyclic) bond motifs is 1. The van der Waals surface area contributed by atoms with Crippen molar-refractivity contribution < 1.29 is 9.90 Å². The summed E-state index contributed by atoms with van der Waals surface area (Å²) in [5, 5.41) is 8.49. The first-order valence-corrected chi connectivity index (χ1v) is 15.2.